The number of hydrogen-bond donors (Lipinski definition) is 2. The van der Waals surface area contributed by atoms with E-state index >= 15 is 0 Å². The van der Waals surface area contributed by atoms with Gasteiger partial charge in [0.1, 0.15) is 0 Å². The summed E-state index contributed by atoms with van der Waals surface area (Å²) in [5.41, 5.74) is 0.492. The van der Waals surface area contributed by atoms with Crippen molar-refractivity contribution in [1.82, 2.24) is 10.6 Å². The third-order valence-electron chi connectivity index (χ3n) is 3.61. The highest BCUT2D eigenvalue weighted by atomic mass is 35.5. The summed E-state index contributed by atoms with van der Waals surface area (Å²) in [5, 5.41) is 4.71. The fraction of sp³-hybridized carbons (Fsp3) is 0.158. The molecule has 0 fully saturated rings. The molecule has 0 aliphatic rings. The van der Waals surface area contributed by atoms with Crippen LogP contribution in [-0.4, -0.2) is 36.8 Å². The Hall–Kier alpha value is -3.19. The average molecular weight is 389 g/mol. The predicted octanol–water partition coefficient (Wildman–Crippen LogP) is 2.57. The molecule has 0 bridgehead atoms. The van der Waals surface area contributed by atoms with Crippen molar-refractivity contribution in [3.8, 4) is 0 Å². The first-order valence-electron chi connectivity index (χ1n) is 7.96. The summed E-state index contributed by atoms with van der Waals surface area (Å²) in [6.45, 7) is 1.32. The predicted molar refractivity (Wildman–Crippen MR) is 98.8 cm³/mol. The monoisotopic (exact) mass is 388 g/mol. The van der Waals surface area contributed by atoms with E-state index in [9.17, 15) is 19.2 Å². The topological polar surface area (TPSA) is 102 Å². The fourth-order valence-electron chi connectivity index (χ4n) is 2.17. The molecule has 8 heteroatoms. The highest BCUT2D eigenvalue weighted by Crippen LogP contribution is 2.18. The molecule has 0 saturated heterocycles. The third kappa shape index (κ3) is 5.15. The molecule has 0 heterocycles. The van der Waals surface area contributed by atoms with Crippen molar-refractivity contribution in [2.24, 2.45) is 0 Å². The minimum atomic E-state index is -1.23. The minimum Gasteiger partial charge on any atom is -0.449 e. The Morgan fingerprint density at radius 2 is 1.56 bits per heavy atom. The van der Waals surface area contributed by atoms with E-state index in [-0.39, 0.29) is 16.9 Å². The summed E-state index contributed by atoms with van der Waals surface area (Å²) >= 11 is 5.83. The van der Waals surface area contributed by atoms with Crippen LogP contribution < -0.4 is 10.6 Å². The number of amides is 3. The minimum absolute atomic E-state index is 0.0112. The number of halogens is 1. The molecule has 2 aromatic rings. The molecule has 27 heavy (non-hydrogen) atoms. The van der Waals surface area contributed by atoms with E-state index in [2.05, 4.69) is 5.32 Å². The van der Waals surface area contributed by atoms with Gasteiger partial charge in [-0.15, -0.1) is 0 Å². The number of urea groups is 1. The van der Waals surface area contributed by atoms with E-state index in [1.807, 2.05) is 5.32 Å². The smallest absolute Gasteiger partial charge is 0.339 e. The molecule has 140 valence electrons. The van der Waals surface area contributed by atoms with Crippen LogP contribution in [0.25, 0.3) is 0 Å². The number of ether oxygens (including phenoxy) is 1. The van der Waals surface area contributed by atoms with E-state index in [0.717, 1.165) is 0 Å². The van der Waals surface area contributed by atoms with E-state index in [1.165, 1.54) is 26.1 Å². The molecule has 0 aliphatic heterocycles. The van der Waals surface area contributed by atoms with E-state index in [1.54, 1.807) is 36.4 Å². The number of rotatable bonds is 5. The van der Waals surface area contributed by atoms with Crippen LogP contribution in [-0.2, 0) is 9.53 Å². The van der Waals surface area contributed by atoms with Crippen LogP contribution in [0.1, 0.15) is 33.2 Å². The zero-order valence-electron chi connectivity index (χ0n) is 14.6. The molecular formula is C19H17ClN2O5. The van der Waals surface area contributed by atoms with Crippen molar-refractivity contribution in [1.29, 1.82) is 0 Å². The fourth-order valence-corrected chi connectivity index (χ4v) is 2.30. The molecule has 2 rings (SSSR count). The number of ketones is 1. The molecule has 0 radical (unpaired) electrons. The third-order valence-corrected chi connectivity index (χ3v) is 3.87. The normalized spacial score (nSPS) is 11.2. The molecule has 0 aromatic heterocycles. The lowest BCUT2D eigenvalue weighted by Gasteiger charge is -2.14. The van der Waals surface area contributed by atoms with Gasteiger partial charge >= 0.3 is 12.0 Å². The van der Waals surface area contributed by atoms with E-state index in [4.69, 9.17) is 16.3 Å². The maximum atomic E-state index is 12.7. The lowest BCUT2D eigenvalue weighted by molar-refractivity contribution is -0.127. The van der Waals surface area contributed by atoms with Gasteiger partial charge in [0.25, 0.3) is 5.91 Å². The first-order valence-corrected chi connectivity index (χ1v) is 8.34. The molecule has 7 nitrogen and oxygen atoms in total. The van der Waals surface area contributed by atoms with Crippen LogP contribution in [0.2, 0.25) is 5.02 Å². The van der Waals surface area contributed by atoms with Gasteiger partial charge in [-0.05, 0) is 37.3 Å². The Kier molecular flexibility index (Phi) is 6.67. The zero-order chi connectivity index (χ0) is 20.0. The van der Waals surface area contributed by atoms with Crippen LogP contribution in [0, 0.1) is 0 Å². The lowest BCUT2D eigenvalue weighted by atomic mass is 9.98. The van der Waals surface area contributed by atoms with Gasteiger partial charge in [-0.1, -0.05) is 29.8 Å². The lowest BCUT2D eigenvalue weighted by Crippen LogP contribution is -2.43. The summed E-state index contributed by atoms with van der Waals surface area (Å²) in [5.74, 6) is -2.03. The summed E-state index contributed by atoms with van der Waals surface area (Å²) in [4.78, 5) is 48.1. The largest absolute Gasteiger partial charge is 0.449 e. The van der Waals surface area contributed by atoms with Gasteiger partial charge in [-0.3, -0.25) is 14.9 Å². The molecule has 0 aliphatic carbocycles. The Bertz CT molecular complexity index is 880. The molecule has 2 aromatic carbocycles. The van der Waals surface area contributed by atoms with Crippen LogP contribution in [0.5, 0.6) is 0 Å². The molecule has 2 N–H and O–H groups in total. The maximum Gasteiger partial charge on any atom is 0.339 e. The summed E-state index contributed by atoms with van der Waals surface area (Å²) < 4.78 is 5.09. The molecule has 3 amide bonds. The molecular weight excluding hydrogens is 372 g/mol. The SMILES string of the molecule is CNC(=O)NC(=O)[C@H](C)OC(=O)c1ccccc1C(=O)c1ccc(Cl)cc1. The van der Waals surface area contributed by atoms with Gasteiger partial charge in [-0.25, -0.2) is 9.59 Å². The Balaban J connectivity index is 2.20. The van der Waals surface area contributed by atoms with Gasteiger partial charge in [0.15, 0.2) is 11.9 Å². The van der Waals surface area contributed by atoms with Crippen molar-refractivity contribution in [2.75, 3.05) is 7.05 Å². The quantitative estimate of drug-likeness (QED) is 0.605. The van der Waals surface area contributed by atoms with Gasteiger partial charge in [0.2, 0.25) is 0 Å². The van der Waals surface area contributed by atoms with Gasteiger partial charge in [-0.2, -0.15) is 0 Å². The van der Waals surface area contributed by atoms with Crippen LogP contribution >= 0.6 is 11.6 Å². The van der Waals surface area contributed by atoms with Crippen LogP contribution in [0.3, 0.4) is 0 Å². The number of carbonyl (C=O) groups is 4. The average Bonchev–Trinajstić information content (AvgIpc) is 2.67. The number of esters is 1. The Labute approximate surface area is 160 Å². The molecule has 0 unspecified atom stereocenters. The molecule has 0 spiro atoms. The first kappa shape index (κ1) is 20.1. The number of carbonyl (C=O) groups excluding carboxylic acids is 4. The van der Waals surface area contributed by atoms with Crippen molar-refractivity contribution < 1.29 is 23.9 Å². The van der Waals surface area contributed by atoms with Crippen LogP contribution in [0.4, 0.5) is 4.79 Å². The first-order chi connectivity index (χ1) is 12.8. The summed E-state index contributed by atoms with van der Waals surface area (Å²) in [6.07, 6.45) is -1.23. The number of benzene rings is 2. The summed E-state index contributed by atoms with van der Waals surface area (Å²) in [6, 6.07) is 11.6. The van der Waals surface area contributed by atoms with Gasteiger partial charge in [0, 0.05) is 23.2 Å². The molecule has 0 saturated carbocycles. The number of nitrogens with one attached hydrogen (secondary N) is 2. The van der Waals surface area contributed by atoms with E-state index < -0.39 is 24.0 Å². The zero-order valence-corrected chi connectivity index (χ0v) is 15.4. The maximum absolute atomic E-state index is 12.7. The van der Waals surface area contributed by atoms with Crippen molar-refractivity contribution in [2.45, 2.75) is 13.0 Å². The Morgan fingerprint density at radius 3 is 2.15 bits per heavy atom. The highest BCUT2D eigenvalue weighted by Gasteiger charge is 2.24. The second kappa shape index (κ2) is 8.95. The van der Waals surface area contributed by atoms with Crippen molar-refractivity contribution in [3.63, 3.8) is 0 Å². The standard InChI is InChI=1S/C19H17ClN2O5/c1-11(17(24)22-19(26)21-2)27-18(25)15-6-4-3-5-14(15)16(23)12-7-9-13(20)10-8-12/h3-11H,1-2H3,(H2,21,22,24,26)/t11-/m0/s1. The Morgan fingerprint density at radius 1 is 0.963 bits per heavy atom. The molecule has 1 atom stereocenters. The summed E-state index contributed by atoms with van der Waals surface area (Å²) in [7, 11) is 1.35. The second-order valence-corrected chi connectivity index (χ2v) is 5.93. The second-order valence-electron chi connectivity index (χ2n) is 5.50. The highest BCUT2D eigenvalue weighted by molar-refractivity contribution is 6.30. The van der Waals surface area contributed by atoms with E-state index in [0.29, 0.717) is 10.6 Å². The van der Waals surface area contributed by atoms with Gasteiger partial charge < -0.3 is 10.1 Å². The number of hydrogen-bond acceptors (Lipinski definition) is 5. The van der Waals surface area contributed by atoms with Crippen molar-refractivity contribution >= 4 is 35.3 Å². The van der Waals surface area contributed by atoms with Gasteiger partial charge in [0.05, 0.1) is 5.56 Å². The van der Waals surface area contributed by atoms with Crippen molar-refractivity contribution in [3.05, 3.63) is 70.2 Å². The number of imide groups is 1. The van der Waals surface area contributed by atoms with Crippen LogP contribution in [0.15, 0.2) is 48.5 Å².